The van der Waals surface area contributed by atoms with E-state index in [2.05, 4.69) is 10.6 Å². The number of carboxylic acid groups (broad SMARTS) is 1. The molecule has 5 unspecified atom stereocenters. The Kier molecular flexibility index (Phi) is 10.6. The first-order valence-corrected chi connectivity index (χ1v) is 13.6. The van der Waals surface area contributed by atoms with Crippen LogP contribution >= 0.6 is 0 Å². The smallest absolute Gasteiger partial charge is 0.326 e. The summed E-state index contributed by atoms with van der Waals surface area (Å²) in [6.07, 6.45) is 12.0. The van der Waals surface area contributed by atoms with Crippen LogP contribution in [0.4, 0.5) is 0 Å². The van der Waals surface area contributed by atoms with Crippen LogP contribution in [-0.2, 0) is 19.1 Å². The first-order valence-electron chi connectivity index (χ1n) is 13.6. The van der Waals surface area contributed by atoms with Gasteiger partial charge in [-0.1, -0.05) is 38.5 Å². The SMILES string of the molecule is CCOC(=O)C(CCCCCC1CCNCC1)NC(C)C(=O)N1C(C(=O)O)CC2CCCCC21. The number of aliphatic carboxylic acids is 1. The number of likely N-dealkylation sites (tertiary alicyclic amines) is 1. The van der Waals surface area contributed by atoms with Crippen molar-refractivity contribution in [3.8, 4) is 0 Å². The fourth-order valence-corrected chi connectivity index (χ4v) is 6.23. The van der Waals surface area contributed by atoms with Crippen molar-refractivity contribution < 1.29 is 24.2 Å². The number of rotatable bonds is 12. The summed E-state index contributed by atoms with van der Waals surface area (Å²) < 4.78 is 5.28. The van der Waals surface area contributed by atoms with Gasteiger partial charge in [0.2, 0.25) is 5.91 Å². The molecule has 8 heteroatoms. The highest BCUT2D eigenvalue weighted by Crippen LogP contribution is 2.40. The van der Waals surface area contributed by atoms with E-state index in [4.69, 9.17) is 4.74 Å². The maximum absolute atomic E-state index is 13.4. The predicted molar refractivity (Wildman–Crippen MR) is 130 cm³/mol. The highest BCUT2D eigenvalue weighted by molar-refractivity contribution is 5.88. The fraction of sp³-hybridized carbons (Fsp3) is 0.885. The Bertz CT molecular complexity index is 681. The van der Waals surface area contributed by atoms with Crippen LogP contribution in [0.25, 0.3) is 0 Å². The van der Waals surface area contributed by atoms with E-state index < -0.39 is 24.1 Å². The average molecular weight is 480 g/mol. The van der Waals surface area contributed by atoms with E-state index in [9.17, 15) is 19.5 Å². The summed E-state index contributed by atoms with van der Waals surface area (Å²) in [6.45, 7) is 6.07. The molecule has 3 N–H and O–H groups in total. The number of carbonyl (C=O) groups is 3. The molecule has 34 heavy (non-hydrogen) atoms. The molecule has 8 nitrogen and oxygen atoms in total. The zero-order valence-corrected chi connectivity index (χ0v) is 21.1. The molecule has 5 atom stereocenters. The number of nitrogens with zero attached hydrogens (tertiary/aromatic N) is 1. The minimum atomic E-state index is -0.925. The third-order valence-electron chi connectivity index (χ3n) is 8.08. The van der Waals surface area contributed by atoms with Crippen LogP contribution in [-0.4, -0.2) is 71.7 Å². The first-order chi connectivity index (χ1) is 16.4. The van der Waals surface area contributed by atoms with Crippen LogP contribution in [0.2, 0.25) is 0 Å². The van der Waals surface area contributed by atoms with Gasteiger partial charge in [0.15, 0.2) is 0 Å². The average Bonchev–Trinajstić information content (AvgIpc) is 3.23. The normalized spacial score (nSPS) is 27.1. The summed E-state index contributed by atoms with van der Waals surface area (Å²) in [4.78, 5) is 39.6. The van der Waals surface area contributed by atoms with Gasteiger partial charge in [-0.15, -0.1) is 0 Å². The summed E-state index contributed by atoms with van der Waals surface area (Å²) >= 11 is 0. The van der Waals surface area contributed by atoms with Crippen molar-refractivity contribution in [2.45, 2.75) is 115 Å². The van der Waals surface area contributed by atoms with Crippen molar-refractivity contribution in [1.29, 1.82) is 0 Å². The second kappa shape index (κ2) is 13.4. The van der Waals surface area contributed by atoms with Gasteiger partial charge >= 0.3 is 11.9 Å². The van der Waals surface area contributed by atoms with Gasteiger partial charge in [0.25, 0.3) is 0 Å². The minimum Gasteiger partial charge on any atom is -0.480 e. The van der Waals surface area contributed by atoms with E-state index in [0.717, 1.165) is 64.0 Å². The lowest BCUT2D eigenvalue weighted by atomic mass is 9.84. The number of hydrogen-bond donors (Lipinski definition) is 3. The topological polar surface area (TPSA) is 108 Å². The molecule has 2 saturated heterocycles. The monoisotopic (exact) mass is 479 g/mol. The zero-order chi connectivity index (χ0) is 24.5. The van der Waals surface area contributed by atoms with Crippen molar-refractivity contribution in [3.05, 3.63) is 0 Å². The molecular formula is C26H45N3O5. The minimum absolute atomic E-state index is 0.00244. The Morgan fingerprint density at radius 3 is 2.53 bits per heavy atom. The van der Waals surface area contributed by atoms with Crippen LogP contribution < -0.4 is 10.6 Å². The van der Waals surface area contributed by atoms with Gasteiger partial charge in [0.05, 0.1) is 12.6 Å². The Labute approximate surface area is 204 Å². The molecule has 0 aromatic rings. The molecule has 0 spiro atoms. The molecule has 0 radical (unpaired) electrons. The standard InChI is InChI=1S/C26H45N3O5/c1-3-34-26(33)21(11-6-4-5-9-19-13-15-27-16-14-19)28-18(2)24(30)29-22-12-8-7-10-20(22)17-23(29)25(31)32/h18-23,27-28H,3-17H2,1-2H3,(H,31,32). The fourth-order valence-electron chi connectivity index (χ4n) is 6.23. The Hall–Kier alpha value is -1.67. The van der Waals surface area contributed by atoms with Crippen LogP contribution in [0.3, 0.4) is 0 Å². The first kappa shape index (κ1) is 26.9. The van der Waals surface area contributed by atoms with Gasteiger partial charge in [0, 0.05) is 6.04 Å². The Balaban J connectivity index is 1.53. The molecule has 0 aromatic heterocycles. The lowest BCUT2D eigenvalue weighted by Gasteiger charge is -2.35. The summed E-state index contributed by atoms with van der Waals surface area (Å²) in [6, 6.07) is -1.94. The lowest BCUT2D eigenvalue weighted by Crippen LogP contribution is -2.55. The van der Waals surface area contributed by atoms with Gasteiger partial charge in [-0.25, -0.2) is 4.79 Å². The molecule has 2 aliphatic heterocycles. The number of nitrogens with one attached hydrogen (secondary N) is 2. The van der Waals surface area contributed by atoms with Crippen LogP contribution in [0.5, 0.6) is 0 Å². The Morgan fingerprint density at radius 2 is 1.82 bits per heavy atom. The second-order valence-corrected chi connectivity index (χ2v) is 10.5. The molecule has 1 aliphatic carbocycles. The lowest BCUT2D eigenvalue weighted by molar-refractivity contribution is -0.152. The van der Waals surface area contributed by atoms with Crippen molar-refractivity contribution in [2.24, 2.45) is 11.8 Å². The van der Waals surface area contributed by atoms with Crippen LogP contribution in [0.1, 0.15) is 90.9 Å². The number of unbranched alkanes of at least 4 members (excludes halogenated alkanes) is 2. The Morgan fingerprint density at radius 1 is 1.09 bits per heavy atom. The van der Waals surface area contributed by atoms with Crippen molar-refractivity contribution in [1.82, 2.24) is 15.5 Å². The zero-order valence-electron chi connectivity index (χ0n) is 21.1. The van der Waals surface area contributed by atoms with E-state index in [1.807, 2.05) is 0 Å². The van der Waals surface area contributed by atoms with Gasteiger partial charge in [-0.3, -0.25) is 14.9 Å². The van der Waals surface area contributed by atoms with Crippen molar-refractivity contribution in [2.75, 3.05) is 19.7 Å². The molecular weight excluding hydrogens is 434 g/mol. The highest BCUT2D eigenvalue weighted by Gasteiger charge is 2.48. The second-order valence-electron chi connectivity index (χ2n) is 10.5. The van der Waals surface area contributed by atoms with E-state index in [-0.39, 0.29) is 23.8 Å². The van der Waals surface area contributed by atoms with Gasteiger partial charge in [-0.05, 0) is 77.3 Å². The molecule has 1 saturated carbocycles. The van der Waals surface area contributed by atoms with Crippen molar-refractivity contribution in [3.63, 3.8) is 0 Å². The molecule has 1 amide bonds. The van der Waals surface area contributed by atoms with E-state index in [1.165, 1.54) is 19.3 Å². The van der Waals surface area contributed by atoms with E-state index >= 15 is 0 Å². The van der Waals surface area contributed by atoms with Gasteiger partial charge < -0.3 is 20.1 Å². The quantitative estimate of drug-likeness (QED) is 0.292. The highest BCUT2D eigenvalue weighted by atomic mass is 16.5. The number of fused-ring (bicyclic) bond motifs is 1. The van der Waals surface area contributed by atoms with Crippen LogP contribution in [0.15, 0.2) is 0 Å². The number of carbonyl (C=O) groups excluding carboxylic acids is 2. The molecule has 0 bridgehead atoms. The van der Waals surface area contributed by atoms with Crippen LogP contribution in [0, 0.1) is 11.8 Å². The number of piperidine rings is 1. The predicted octanol–water partition coefficient (Wildman–Crippen LogP) is 3.09. The number of carboxylic acids is 1. The molecule has 3 fully saturated rings. The molecule has 2 heterocycles. The molecule has 0 aromatic carbocycles. The van der Waals surface area contributed by atoms with Crippen molar-refractivity contribution >= 4 is 17.8 Å². The maximum atomic E-state index is 13.4. The molecule has 3 rings (SSSR count). The number of ether oxygens (including phenoxy) is 1. The van der Waals surface area contributed by atoms with E-state index in [1.54, 1.807) is 18.7 Å². The largest absolute Gasteiger partial charge is 0.480 e. The molecule has 194 valence electrons. The van der Waals surface area contributed by atoms with E-state index in [0.29, 0.717) is 19.4 Å². The summed E-state index contributed by atoms with van der Waals surface area (Å²) in [5, 5.41) is 16.4. The third kappa shape index (κ3) is 7.17. The van der Waals surface area contributed by atoms with Gasteiger partial charge in [0.1, 0.15) is 12.1 Å². The number of esters is 1. The van der Waals surface area contributed by atoms with Gasteiger partial charge in [-0.2, -0.15) is 0 Å². The summed E-state index contributed by atoms with van der Waals surface area (Å²) in [5.74, 6) is -0.379. The summed E-state index contributed by atoms with van der Waals surface area (Å²) in [5.41, 5.74) is 0. The third-order valence-corrected chi connectivity index (χ3v) is 8.08. The maximum Gasteiger partial charge on any atom is 0.326 e. The number of amides is 1. The molecule has 3 aliphatic rings. The number of hydrogen-bond acceptors (Lipinski definition) is 6. The summed E-state index contributed by atoms with van der Waals surface area (Å²) in [7, 11) is 0.